The molecule has 0 atom stereocenters. The summed E-state index contributed by atoms with van der Waals surface area (Å²) in [5, 5.41) is 22.8. The van der Waals surface area contributed by atoms with E-state index >= 15 is 0 Å². The van der Waals surface area contributed by atoms with Gasteiger partial charge in [0.15, 0.2) is 0 Å². The van der Waals surface area contributed by atoms with Gasteiger partial charge in [-0.3, -0.25) is 10.1 Å². The normalized spacial score (nSPS) is 10.1. The smallest absolute Gasteiger partial charge is 0.337 e. The predicted octanol–water partition coefficient (Wildman–Crippen LogP) is 3.35. The van der Waals surface area contributed by atoms with Crippen molar-refractivity contribution in [2.24, 2.45) is 0 Å². The van der Waals surface area contributed by atoms with Gasteiger partial charge in [-0.05, 0) is 30.7 Å². The topological polar surface area (TPSA) is 92.5 Å². The Kier molecular flexibility index (Phi) is 3.65. The number of hydrogen-bond acceptors (Lipinski definition) is 4. The molecule has 0 aliphatic heterocycles. The number of rotatable bonds is 4. The molecule has 6 heteroatoms. The van der Waals surface area contributed by atoms with Crippen LogP contribution in [0.2, 0.25) is 0 Å². The summed E-state index contributed by atoms with van der Waals surface area (Å²) in [4.78, 5) is 21.4. The molecule has 0 spiro atoms. The van der Waals surface area contributed by atoms with Crippen molar-refractivity contribution in [2.75, 3.05) is 5.32 Å². The number of carboxylic acid groups (broad SMARTS) is 1. The van der Waals surface area contributed by atoms with Gasteiger partial charge in [-0.2, -0.15) is 0 Å². The summed E-state index contributed by atoms with van der Waals surface area (Å²) in [6.07, 6.45) is 0. The van der Waals surface area contributed by atoms with Crippen molar-refractivity contribution in [2.45, 2.75) is 6.92 Å². The maximum absolute atomic E-state index is 11.2. The molecule has 2 aromatic rings. The van der Waals surface area contributed by atoms with E-state index in [2.05, 4.69) is 5.32 Å². The first-order valence-corrected chi connectivity index (χ1v) is 5.83. The van der Waals surface area contributed by atoms with Crippen LogP contribution in [0.3, 0.4) is 0 Å². The second-order valence-corrected chi connectivity index (χ2v) is 4.29. The quantitative estimate of drug-likeness (QED) is 0.657. The summed E-state index contributed by atoms with van der Waals surface area (Å²) >= 11 is 0. The molecule has 0 heterocycles. The lowest BCUT2D eigenvalue weighted by Crippen LogP contribution is -2.03. The van der Waals surface area contributed by atoms with Crippen LogP contribution in [0.5, 0.6) is 0 Å². The van der Waals surface area contributed by atoms with Gasteiger partial charge in [0.25, 0.3) is 5.69 Å². The van der Waals surface area contributed by atoms with Gasteiger partial charge in [0.05, 0.1) is 16.2 Å². The zero-order valence-corrected chi connectivity index (χ0v) is 10.7. The molecule has 2 N–H and O–H groups in total. The van der Waals surface area contributed by atoms with E-state index in [1.165, 1.54) is 18.2 Å². The Bertz CT molecular complexity index is 683. The van der Waals surface area contributed by atoms with E-state index in [0.29, 0.717) is 5.69 Å². The molecule has 6 nitrogen and oxygen atoms in total. The fourth-order valence-corrected chi connectivity index (χ4v) is 1.81. The van der Waals surface area contributed by atoms with Crippen molar-refractivity contribution in [1.29, 1.82) is 0 Å². The zero-order chi connectivity index (χ0) is 14.7. The number of nitro benzene ring substituents is 1. The first-order chi connectivity index (χ1) is 9.47. The highest BCUT2D eigenvalue weighted by atomic mass is 16.6. The molecule has 2 aromatic carbocycles. The molecule has 0 saturated heterocycles. The van der Waals surface area contributed by atoms with Crippen molar-refractivity contribution in [3.8, 4) is 0 Å². The monoisotopic (exact) mass is 272 g/mol. The lowest BCUT2D eigenvalue weighted by Gasteiger charge is -2.10. The summed E-state index contributed by atoms with van der Waals surface area (Å²) in [5.74, 6) is -1.14. The Morgan fingerprint density at radius 3 is 2.60 bits per heavy atom. The fourth-order valence-electron chi connectivity index (χ4n) is 1.81. The van der Waals surface area contributed by atoms with Gasteiger partial charge in [-0.25, -0.2) is 4.79 Å². The average Bonchev–Trinajstić information content (AvgIpc) is 2.38. The van der Waals surface area contributed by atoms with Gasteiger partial charge in [0.2, 0.25) is 0 Å². The highest BCUT2D eigenvalue weighted by Crippen LogP contribution is 2.26. The van der Waals surface area contributed by atoms with Crippen molar-refractivity contribution < 1.29 is 14.8 Å². The molecule has 0 aromatic heterocycles. The van der Waals surface area contributed by atoms with Gasteiger partial charge in [-0.15, -0.1) is 0 Å². The lowest BCUT2D eigenvalue weighted by molar-refractivity contribution is -0.384. The third-order valence-electron chi connectivity index (χ3n) is 2.74. The minimum absolute atomic E-state index is 0.0166. The molecule has 0 aliphatic carbocycles. The molecular weight excluding hydrogens is 260 g/mol. The minimum atomic E-state index is -1.14. The van der Waals surface area contributed by atoms with Crippen molar-refractivity contribution in [1.82, 2.24) is 0 Å². The summed E-state index contributed by atoms with van der Waals surface area (Å²) in [5.41, 5.74) is 1.69. The number of benzene rings is 2. The maximum atomic E-state index is 11.2. The van der Waals surface area contributed by atoms with E-state index in [9.17, 15) is 14.9 Å². The number of nitro groups is 1. The maximum Gasteiger partial charge on any atom is 0.337 e. The van der Waals surface area contributed by atoms with Gasteiger partial charge in [0.1, 0.15) is 0 Å². The number of nitrogens with one attached hydrogen (secondary N) is 1. The van der Waals surface area contributed by atoms with Crippen LogP contribution in [0.4, 0.5) is 17.1 Å². The molecule has 2 rings (SSSR count). The molecule has 0 bridgehead atoms. The third-order valence-corrected chi connectivity index (χ3v) is 2.74. The van der Waals surface area contributed by atoms with Crippen LogP contribution in [0.1, 0.15) is 15.9 Å². The van der Waals surface area contributed by atoms with E-state index in [4.69, 9.17) is 5.11 Å². The summed E-state index contributed by atoms with van der Waals surface area (Å²) in [6, 6.07) is 10.9. The molecule has 0 saturated carbocycles. The van der Waals surface area contributed by atoms with Gasteiger partial charge >= 0.3 is 5.97 Å². The Hall–Kier alpha value is -2.89. The number of anilines is 2. The molecule has 0 aliphatic rings. The van der Waals surface area contributed by atoms with Crippen LogP contribution in [-0.2, 0) is 0 Å². The van der Waals surface area contributed by atoms with E-state index in [-0.39, 0.29) is 16.9 Å². The van der Waals surface area contributed by atoms with Crippen LogP contribution in [0, 0.1) is 17.0 Å². The van der Waals surface area contributed by atoms with Crippen molar-refractivity contribution in [3.05, 3.63) is 63.7 Å². The van der Waals surface area contributed by atoms with Crippen LogP contribution in [0.15, 0.2) is 42.5 Å². The largest absolute Gasteiger partial charge is 0.478 e. The summed E-state index contributed by atoms with van der Waals surface area (Å²) in [6.45, 7) is 1.90. The van der Waals surface area contributed by atoms with Crippen molar-refractivity contribution >= 4 is 23.0 Å². The summed E-state index contributed by atoms with van der Waals surface area (Å²) in [7, 11) is 0. The van der Waals surface area contributed by atoms with Crippen LogP contribution in [-0.4, -0.2) is 16.0 Å². The van der Waals surface area contributed by atoms with E-state index in [0.717, 1.165) is 5.56 Å². The Morgan fingerprint density at radius 1 is 1.25 bits per heavy atom. The standard InChI is InChI=1S/C14H12N2O4/c1-9-3-2-4-10(7-9)15-13-8-11(16(19)20)5-6-12(13)14(17)18/h2-8,15H,1H3,(H,17,18). The molecule has 0 fully saturated rings. The third kappa shape index (κ3) is 2.92. The fraction of sp³-hybridized carbons (Fsp3) is 0.0714. The highest BCUT2D eigenvalue weighted by molar-refractivity contribution is 5.95. The lowest BCUT2D eigenvalue weighted by atomic mass is 10.1. The minimum Gasteiger partial charge on any atom is -0.478 e. The predicted molar refractivity (Wildman–Crippen MR) is 74.5 cm³/mol. The number of aromatic carboxylic acids is 1. The number of nitrogens with zero attached hydrogens (tertiary/aromatic N) is 1. The number of hydrogen-bond donors (Lipinski definition) is 2. The second kappa shape index (κ2) is 5.40. The van der Waals surface area contributed by atoms with Crippen LogP contribution in [0.25, 0.3) is 0 Å². The molecule has 0 unspecified atom stereocenters. The molecule has 20 heavy (non-hydrogen) atoms. The molecule has 102 valence electrons. The Morgan fingerprint density at radius 2 is 2.00 bits per heavy atom. The van der Waals surface area contributed by atoms with Gasteiger partial charge in [-0.1, -0.05) is 12.1 Å². The molecule has 0 radical (unpaired) electrons. The number of carboxylic acids is 1. The van der Waals surface area contributed by atoms with Crippen LogP contribution >= 0.6 is 0 Å². The van der Waals surface area contributed by atoms with Crippen molar-refractivity contribution in [3.63, 3.8) is 0 Å². The average molecular weight is 272 g/mol. The van der Waals surface area contributed by atoms with E-state index in [1.807, 2.05) is 25.1 Å². The molecule has 0 amide bonds. The zero-order valence-electron chi connectivity index (χ0n) is 10.7. The molecular formula is C14H12N2O4. The second-order valence-electron chi connectivity index (χ2n) is 4.29. The number of non-ortho nitro benzene ring substituents is 1. The van der Waals surface area contributed by atoms with E-state index < -0.39 is 10.9 Å². The van der Waals surface area contributed by atoms with Gasteiger partial charge in [0, 0.05) is 17.8 Å². The summed E-state index contributed by atoms with van der Waals surface area (Å²) < 4.78 is 0. The first-order valence-electron chi connectivity index (χ1n) is 5.83. The van der Waals surface area contributed by atoms with Gasteiger partial charge < -0.3 is 10.4 Å². The van der Waals surface area contributed by atoms with E-state index in [1.54, 1.807) is 6.07 Å². The Labute approximate surface area is 114 Å². The highest BCUT2D eigenvalue weighted by Gasteiger charge is 2.15. The number of carbonyl (C=O) groups is 1. The number of aryl methyl sites for hydroxylation is 1. The Balaban J connectivity index is 2.44. The SMILES string of the molecule is Cc1cccc(Nc2cc([N+](=O)[O-])ccc2C(=O)O)c1. The first kappa shape index (κ1) is 13.5. The van der Waals surface area contributed by atoms with Crippen LogP contribution < -0.4 is 5.32 Å².